The van der Waals surface area contributed by atoms with Crippen molar-refractivity contribution in [2.24, 2.45) is 0 Å². The lowest BCUT2D eigenvalue weighted by atomic mass is 9.98. The van der Waals surface area contributed by atoms with E-state index in [9.17, 15) is 0 Å². The van der Waals surface area contributed by atoms with E-state index in [2.05, 4.69) is 48.6 Å². The maximum atomic E-state index is 5.19. The van der Waals surface area contributed by atoms with Gasteiger partial charge in [0.2, 0.25) is 0 Å². The van der Waals surface area contributed by atoms with Crippen molar-refractivity contribution in [3.8, 4) is 5.75 Å². The molecule has 0 aliphatic rings. The third-order valence-electron chi connectivity index (χ3n) is 3.43. The van der Waals surface area contributed by atoms with Crippen LogP contribution >= 0.6 is 0 Å². The second-order valence-corrected chi connectivity index (χ2v) is 4.80. The van der Waals surface area contributed by atoms with E-state index in [4.69, 9.17) is 4.74 Å². The standard InChI is InChI=1S/C17H21NO/c1-13-4-6-14(7-5-13)12-17(18-2)15-8-10-16(19-3)11-9-15/h4-11,17-18H,12H2,1-3H3/t17-/m1/s1. The van der Waals surface area contributed by atoms with Gasteiger partial charge in [0.15, 0.2) is 0 Å². The van der Waals surface area contributed by atoms with Gasteiger partial charge in [0.1, 0.15) is 5.75 Å². The molecule has 2 rings (SSSR count). The summed E-state index contributed by atoms with van der Waals surface area (Å²) in [6.45, 7) is 2.11. The fraction of sp³-hybridized carbons (Fsp3) is 0.294. The molecule has 0 aliphatic heterocycles. The molecule has 2 heteroatoms. The van der Waals surface area contributed by atoms with Gasteiger partial charge in [0.25, 0.3) is 0 Å². The fourth-order valence-electron chi connectivity index (χ4n) is 2.18. The number of likely N-dealkylation sites (N-methyl/N-ethyl adjacent to an activating group) is 1. The van der Waals surface area contributed by atoms with Crippen LogP contribution in [0.1, 0.15) is 22.7 Å². The molecule has 0 fully saturated rings. The van der Waals surface area contributed by atoms with Crippen LogP contribution in [0.3, 0.4) is 0 Å². The maximum absolute atomic E-state index is 5.19. The third kappa shape index (κ3) is 3.58. The fourth-order valence-corrected chi connectivity index (χ4v) is 2.18. The maximum Gasteiger partial charge on any atom is 0.118 e. The van der Waals surface area contributed by atoms with Gasteiger partial charge in [-0.05, 0) is 43.7 Å². The van der Waals surface area contributed by atoms with Crippen molar-refractivity contribution < 1.29 is 4.74 Å². The van der Waals surface area contributed by atoms with Gasteiger partial charge in [-0.25, -0.2) is 0 Å². The van der Waals surface area contributed by atoms with Crippen LogP contribution in [0.25, 0.3) is 0 Å². The summed E-state index contributed by atoms with van der Waals surface area (Å²) in [6, 6.07) is 17.3. The molecule has 2 nitrogen and oxygen atoms in total. The largest absolute Gasteiger partial charge is 0.497 e. The second kappa shape index (κ2) is 6.39. The molecule has 1 N–H and O–H groups in total. The smallest absolute Gasteiger partial charge is 0.118 e. The molecule has 2 aromatic carbocycles. The highest BCUT2D eigenvalue weighted by molar-refractivity contribution is 5.31. The molecule has 19 heavy (non-hydrogen) atoms. The molecule has 0 heterocycles. The monoisotopic (exact) mass is 255 g/mol. The minimum absolute atomic E-state index is 0.327. The van der Waals surface area contributed by atoms with E-state index in [1.165, 1.54) is 16.7 Å². The summed E-state index contributed by atoms with van der Waals surface area (Å²) in [5.41, 5.74) is 3.93. The molecule has 0 saturated carbocycles. The molecule has 0 unspecified atom stereocenters. The highest BCUT2D eigenvalue weighted by atomic mass is 16.5. The van der Waals surface area contributed by atoms with E-state index in [1.807, 2.05) is 19.2 Å². The van der Waals surface area contributed by atoms with Crippen molar-refractivity contribution in [2.45, 2.75) is 19.4 Å². The second-order valence-electron chi connectivity index (χ2n) is 4.80. The van der Waals surface area contributed by atoms with Crippen LogP contribution in [0.2, 0.25) is 0 Å². The van der Waals surface area contributed by atoms with Crippen molar-refractivity contribution in [1.29, 1.82) is 0 Å². The van der Waals surface area contributed by atoms with Gasteiger partial charge in [0.05, 0.1) is 7.11 Å². The molecule has 100 valence electrons. The van der Waals surface area contributed by atoms with Gasteiger partial charge in [-0.15, -0.1) is 0 Å². The first kappa shape index (κ1) is 13.6. The van der Waals surface area contributed by atoms with Gasteiger partial charge < -0.3 is 10.1 Å². The predicted octanol–water partition coefficient (Wildman–Crippen LogP) is 3.51. The predicted molar refractivity (Wildman–Crippen MR) is 79.7 cm³/mol. The first-order chi connectivity index (χ1) is 9.22. The lowest BCUT2D eigenvalue weighted by molar-refractivity contribution is 0.414. The number of nitrogens with one attached hydrogen (secondary N) is 1. The summed E-state index contributed by atoms with van der Waals surface area (Å²) in [5.74, 6) is 0.897. The Hall–Kier alpha value is -1.80. The molecule has 0 bridgehead atoms. The summed E-state index contributed by atoms with van der Waals surface area (Å²) >= 11 is 0. The summed E-state index contributed by atoms with van der Waals surface area (Å²) in [7, 11) is 3.69. The number of aryl methyl sites for hydroxylation is 1. The molecule has 0 saturated heterocycles. The van der Waals surface area contributed by atoms with E-state index in [0.29, 0.717) is 6.04 Å². The molecular weight excluding hydrogens is 234 g/mol. The Balaban J connectivity index is 2.12. The van der Waals surface area contributed by atoms with Crippen LogP contribution in [-0.4, -0.2) is 14.2 Å². The Labute approximate surface area is 115 Å². The van der Waals surface area contributed by atoms with Crippen LogP contribution in [0, 0.1) is 6.92 Å². The first-order valence-electron chi connectivity index (χ1n) is 6.59. The van der Waals surface area contributed by atoms with Crippen LogP contribution < -0.4 is 10.1 Å². The van der Waals surface area contributed by atoms with Crippen molar-refractivity contribution >= 4 is 0 Å². The zero-order valence-corrected chi connectivity index (χ0v) is 11.8. The molecule has 0 radical (unpaired) electrons. The minimum atomic E-state index is 0.327. The lowest BCUT2D eigenvalue weighted by Crippen LogP contribution is -2.18. The average molecular weight is 255 g/mol. The van der Waals surface area contributed by atoms with E-state index < -0.39 is 0 Å². The average Bonchev–Trinajstić information content (AvgIpc) is 2.47. The Morgan fingerprint density at radius 2 is 1.63 bits per heavy atom. The van der Waals surface area contributed by atoms with Crippen LogP contribution in [0.5, 0.6) is 5.75 Å². The highest BCUT2D eigenvalue weighted by Crippen LogP contribution is 2.21. The zero-order chi connectivity index (χ0) is 13.7. The SMILES string of the molecule is CN[C@H](Cc1ccc(C)cc1)c1ccc(OC)cc1. The van der Waals surface area contributed by atoms with Gasteiger partial charge >= 0.3 is 0 Å². The van der Waals surface area contributed by atoms with Crippen LogP contribution in [0.15, 0.2) is 48.5 Å². The Morgan fingerprint density at radius 1 is 1.00 bits per heavy atom. The van der Waals surface area contributed by atoms with Gasteiger partial charge in [-0.3, -0.25) is 0 Å². The number of rotatable bonds is 5. The van der Waals surface area contributed by atoms with Crippen molar-refractivity contribution in [1.82, 2.24) is 5.32 Å². The van der Waals surface area contributed by atoms with Gasteiger partial charge in [-0.1, -0.05) is 42.0 Å². The molecular formula is C17H21NO. The Kier molecular flexibility index (Phi) is 4.58. The summed E-state index contributed by atoms with van der Waals surface area (Å²) < 4.78 is 5.19. The minimum Gasteiger partial charge on any atom is -0.497 e. The first-order valence-corrected chi connectivity index (χ1v) is 6.59. The van der Waals surface area contributed by atoms with E-state index >= 15 is 0 Å². The van der Waals surface area contributed by atoms with Crippen LogP contribution in [-0.2, 0) is 6.42 Å². The molecule has 0 aromatic heterocycles. The highest BCUT2D eigenvalue weighted by Gasteiger charge is 2.10. The number of hydrogen-bond acceptors (Lipinski definition) is 2. The summed E-state index contributed by atoms with van der Waals surface area (Å²) in [6.07, 6.45) is 0.989. The van der Waals surface area contributed by atoms with Crippen LogP contribution in [0.4, 0.5) is 0 Å². The van der Waals surface area contributed by atoms with Crippen molar-refractivity contribution in [3.05, 3.63) is 65.2 Å². The summed E-state index contributed by atoms with van der Waals surface area (Å²) in [4.78, 5) is 0. The normalized spacial score (nSPS) is 12.2. The molecule has 2 aromatic rings. The van der Waals surface area contributed by atoms with Crippen molar-refractivity contribution in [3.63, 3.8) is 0 Å². The molecule has 0 spiro atoms. The van der Waals surface area contributed by atoms with E-state index in [1.54, 1.807) is 7.11 Å². The third-order valence-corrected chi connectivity index (χ3v) is 3.43. The zero-order valence-electron chi connectivity index (χ0n) is 11.8. The molecule has 0 amide bonds. The Morgan fingerprint density at radius 3 is 2.16 bits per heavy atom. The number of methoxy groups -OCH3 is 1. The van der Waals surface area contributed by atoms with Gasteiger partial charge in [-0.2, -0.15) is 0 Å². The topological polar surface area (TPSA) is 21.3 Å². The molecule has 0 aliphatic carbocycles. The quantitative estimate of drug-likeness (QED) is 0.883. The Bertz CT molecular complexity index is 502. The number of hydrogen-bond donors (Lipinski definition) is 1. The van der Waals surface area contributed by atoms with Crippen molar-refractivity contribution in [2.75, 3.05) is 14.2 Å². The van der Waals surface area contributed by atoms with Gasteiger partial charge in [0, 0.05) is 6.04 Å². The van der Waals surface area contributed by atoms with E-state index in [0.717, 1.165) is 12.2 Å². The number of ether oxygens (including phenoxy) is 1. The lowest BCUT2D eigenvalue weighted by Gasteiger charge is -2.17. The van der Waals surface area contributed by atoms with E-state index in [-0.39, 0.29) is 0 Å². The molecule has 1 atom stereocenters. The summed E-state index contributed by atoms with van der Waals surface area (Å²) in [5, 5.41) is 3.38. The number of benzene rings is 2.